The number of anilines is 1. The van der Waals surface area contributed by atoms with Crippen LogP contribution in [-0.2, 0) is 14.4 Å². The molecule has 1 aromatic rings. The zero-order valence-corrected chi connectivity index (χ0v) is 16.8. The highest BCUT2D eigenvalue weighted by atomic mass is 16.4. The number of piperazine rings is 1. The van der Waals surface area contributed by atoms with E-state index in [0.29, 0.717) is 44.7 Å². The number of amides is 2. The SMILES string of the molecule is CC(=O)N1CC[C@H](C(=O)N2CCN(c3ccc(C#N)cc3C)CC2)[C@@H](C(=O)O)C1. The average Bonchev–Trinajstić information content (AvgIpc) is 2.72. The van der Waals surface area contributed by atoms with Crippen LogP contribution in [0.1, 0.15) is 24.5 Å². The van der Waals surface area contributed by atoms with Gasteiger partial charge in [-0.2, -0.15) is 5.26 Å². The minimum Gasteiger partial charge on any atom is -0.481 e. The van der Waals surface area contributed by atoms with Gasteiger partial charge in [0.15, 0.2) is 0 Å². The molecule has 29 heavy (non-hydrogen) atoms. The van der Waals surface area contributed by atoms with Gasteiger partial charge in [-0.15, -0.1) is 0 Å². The van der Waals surface area contributed by atoms with Crippen molar-refractivity contribution in [3.05, 3.63) is 29.3 Å². The zero-order valence-electron chi connectivity index (χ0n) is 16.8. The summed E-state index contributed by atoms with van der Waals surface area (Å²) in [5.41, 5.74) is 2.69. The normalized spacial score (nSPS) is 22.2. The van der Waals surface area contributed by atoms with Gasteiger partial charge >= 0.3 is 5.97 Å². The Labute approximate surface area is 170 Å². The summed E-state index contributed by atoms with van der Waals surface area (Å²) in [5.74, 6) is -2.77. The molecule has 2 fully saturated rings. The molecule has 0 bridgehead atoms. The van der Waals surface area contributed by atoms with Crippen molar-refractivity contribution in [2.45, 2.75) is 20.3 Å². The highest BCUT2D eigenvalue weighted by molar-refractivity contribution is 5.86. The molecule has 0 spiro atoms. The number of carboxylic acids is 1. The number of carboxylic acid groups (broad SMARTS) is 1. The number of aliphatic carboxylic acids is 1. The van der Waals surface area contributed by atoms with E-state index >= 15 is 0 Å². The number of nitriles is 1. The summed E-state index contributed by atoms with van der Waals surface area (Å²) in [5, 5.41) is 18.6. The van der Waals surface area contributed by atoms with Crippen LogP contribution in [0.5, 0.6) is 0 Å². The van der Waals surface area contributed by atoms with Crippen molar-refractivity contribution in [1.82, 2.24) is 9.80 Å². The molecule has 3 rings (SSSR count). The maximum atomic E-state index is 13.0. The summed E-state index contributed by atoms with van der Waals surface area (Å²) in [6.07, 6.45) is 0.379. The predicted octanol–water partition coefficient (Wildman–Crippen LogP) is 1.08. The first-order chi connectivity index (χ1) is 13.8. The van der Waals surface area contributed by atoms with E-state index in [4.69, 9.17) is 5.26 Å². The number of rotatable bonds is 3. The standard InChI is InChI=1S/C21H26N4O4/c1-14-11-16(12-22)3-4-19(14)23-7-9-24(10-8-23)20(27)17-5-6-25(15(2)26)13-18(17)21(28)29/h3-4,11,17-18H,5-10,13H2,1-2H3,(H,28,29)/t17-,18-/m0/s1. The molecule has 8 nitrogen and oxygen atoms in total. The maximum absolute atomic E-state index is 13.0. The molecule has 0 radical (unpaired) electrons. The molecule has 1 aromatic carbocycles. The molecule has 154 valence electrons. The third-order valence-electron chi connectivity index (χ3n) is 5.95. The van der Waals surface area contributed by atoms with Crippen molar-refractivity contribution in [1.29, 1.82) is 5.26 Å². The molecule has 0 unspecified atom stereocenters. The Kier molecular flexibility index (Phi) is 6.06. The summed E-state index contributed by atoms with van der Waals surface area (Å²) in [6.45, 7) is 6.25. The lowest BCUT2D eigenvalue weighted by molar-refractivity contribution is -0.155. The van der Waals surface area contributed by atoms with Crippen LogP contribution >= 0.6 is 0 Å². The topological polar surface area (TPSA) is 105 Å². The number of carbonyl (C=O) groups is 3. The van der Waals surface area contributed by atoms with E-state index < -0.39 is 17.8 Å². The lowest BCUT2D eigenvalue weighted by Gasteiger charge is -2.41. The lowest BCUT2D eigenvalue weighted by atomic mass is 9.84. The van der Waals surface area contributed by atoms with E-state index in [9.17, 15) is 19.5 Å². The minimum atomic E-state index is -1.03. The first-order valence-corrected chi connectivity index (χ1v) is 9.84. The van der Waals surface area contributed by atoms with Crippen LogP contribution in [0.15, 0.2) is 18.2 Å². The van der Waals surface area contributed by atoms with Crippen LogP contribution in [-0.4, -0.2) is 72.0 Å². The van der Waals surface area contributed by atoms with Gasteiger partial charge < -0.3 is 19.8 Å². The van der Waals surface area contributed by atoms with Gasteiger partial charge in [-0.1, -0.05) is 0 Å². The molecule has 2 heterocycles. The van der Waals surface area contributed by atoms with Crippen molar-refractivity contribution in [3.8, 4) is 6.07 Å². The van der Waals surface area contributed by atoms with Crippen molar-refractivity contribution >= 4 is 23.5 Å². The molecule has 0 saturated carbocycles. The van der Waals surface area contributed by atoms with E-state index in [1.54, 1.807) is 11.0 Å². The molecule has 2 saturated heterocycles. The molecule has 1 N–H and O–H groups in total. The Morgan fingerprint density at radius 1 is 1.07 bits per heavy atom. The van der Waals surface area contributed by atoms with E-state index in [2.05, 4.69) is 11.0 Å². The minimum absolute atomic E-state index is 0.0888. The fourth-order valence-electron chi connectivity index (χ4n) is 4.27. The van der Waals surface area contributed by atoms with Crippen LogP contribution in [0.4, 0.5) is 5.69 Å². The summed E-state index contributed by atoms with van der Waals surface area (Å²) in [4.78, 5) is 41.8. The maximum Gasteiger partial charge on any atom is 0.309 e. The molecular weight excluding hydrogens is 372 g/mol. The molecule has 8 heteroatoms. The van der Waals surface area contributed by atoms with Crippen molar-refractivity contribution in [3.63, 3.8) is 0 Å². The quantitative estimate of drug-likeness (QED) is 0.817. The second-order valence-electron chi connectivity index (χ2n) is 7.73. The predicted molar refractivity (Wildman–Crippen MR) is 106 cm³/mol. The van der Waals surface area contributed by atoms with E-state index in [0.717, 1.165) is 11.3 Å². The van der Waals surface area contributed by atoms with E-state index in [-0.39, 0.29) is 18.4 Å². The number of aryl methyl sites for hydroxylation is 1. The number of likely N-dealkylation sites (tertiary alicyclic amines) is 1. The van der Waals surface area contributed by atoms with E-state index in [1.165, 1.54) is 11.8 Å². The monoisotopic (exact) mass is 398 g/mol. The highest BCUT2D eigenvalue weighted by Crippen LogP contribution is 2.28. The van der Waals surface area contributed by atoms with Gasteiger partial charge in [0, 0.05) is 51.9 Å². The fraction of sp³-hybridized carbons (Fsp3) is 0.524. The van der Waals surface area contributed by atoms with Crippen LogP contribution < -0.4 is 4.90 Å². The zero-order chi connectivity index (χ0) is 21.1. The molecule has 2 amide bonds. The molecular formula is C21H26N4O4. The second-order valence-corrected chi connectivity index (χ2v) is 7.73. The van der Waals surface area contributed by atoms with Crippen molar-refractivity contribution in [2.75, 3.05) is 44.2 Å². The van der Waals surface area contributed by atoms with Gasteiger partial charge in [0.1, 0.15) is 0 Å². The largest absolute Gasteiger partial charge is 0.481 e. The first kappa shape index (κ1) is 20.6. The van der Waals surface area contributed by atoms with Crippen LogP contribution in [0.3, 0.4) is 0 Å². The smallest absolute Gasteiger partial charge is 0.309 e. The second kappa shape index (κ2) is 8.52. The van der Waals surface area contributed by atoms with Crippen LogP contribution in [0.25, 0.3) is 0 Å². The first-order valence-electron chi connectivity index (χ1n) is 9.84. The van der Waals surface area contributed by atoms with Crippen molar-refractivity contribution < 1.29 is 19.5 Å². The Morgan fingerprint density at radius 2 is 1.76 bits per heavy atom. The average molecular weight is 398 g/mol. The number of benzene rings is 1. The van der Waals surface area contributed by atoms with E-state index in [1.807, 2.05) is 19.1 Å². The molecule has 2 atom stereocenters. The van der Waals surface area contributed by atoms with Crippen LogP contribution in [0, 0.1) is 30.1 Å². The molecule has 0 aromatic heterocycles. The summed E-state index contributed by atoms with van der Waals surface area (Å²) < 4.78 is 0. The third-order valence-corrected chi connectivity index (χ3v) is 5.95. The highest BCUT2D eigenvalue weighted by Gasteiger charge is 2.41. The number of hydrogen-bond acceptors (Lipinski definition) is 5. The van der Waals surface area contributed by atoms with Gasteiger partial charge in [0.2, 0.25) is 11.8 Å². The number of hydrogen-bond donors (Lipinski definition) is 1. The van der Waals surface area contributed by atoms with Gasteiger partial charge in [-0.25, -0.2) is 0 Å². The summed E-state index contributed by atoms with van der Waals surface area (Å²) in [7, 11) is 0. The van der Waals surface area contributed by atoms with Gasteiger partial charge in [0.05, 0.1) is 23.5 Å². The third kappa shape index (κ3) is 4.34. The lowest BCUT2D eigenvalue weighted by Crippen LogP contribution is -2.55. The van der Waals surface area contributed by atoms with Gasteiger partial charge in [-0.3, -0.25) is 14.4 Å². The fourth-order valence-corrected chi connectivity index (χ4v) is 4.27. The molecule has 2 aliphatic rings. The van der Waals surface area contributed by atoms with Gasteiger partial charge in [0.25, 0.3) is 0 Å². The molecule has 0 aliphatic carbocycles. The van der Waals surface area contributed by atoms with Crippen molar-refractivity contribution in [2.24, 2.45) is 11.8 Å². The van der Waals surface area contributed by atoms with Crippen LogP contribution in [0.2, 0.25) is 0 Å². The Hall–Kier alpha value is -3.08. The van der Waals surface area contributed by atoms with Gasteiger partial charge in [-0.05, 0) is 37.1 Å². The Balaban J connectivity index is 1.64. The Bertz CT molecular complexity index is 855. The summed E-state index contributed by atoms with van der Waals surface area (Å²) in [6, 6.07) is 7.72. The number of carbonyl (C=O) groups excluding carboxylic acids is 2. The summed E-state index contributed by atoms with van der Waals surface area (Å²) >= 11 is 0. The number of piperidine rings is 1. The Morgan fingerprint density at radius 3 is 2.31 bits per heavy atom. The molecule has 2 aliphatic heterocycles. The number of nitrogens with zero attached hydrogens (tertiary/aromatic N) is 4.